The molecule has 148 valence electrons. The van der Waals surface area contributed by atoms with Crippen LogP contribution in [0.3, 0.4) is 0 Å². The Labute approximate surface area is 169 Å². The molecule has 0 saturated heterocycles. The van der Waals surface area contributed by atoms with Crippen LogP contribution < -0.4 is 10.6 Å². The minimum atomic E-state index is -0.800. The number of amides is 2. The van der Waals surface area contributed by atoms with Crippen molar-refractivity contribution in [2.24, 2.45) is 0 Å². The molecule has 2 amide bonds. The summed E-state index contributed by atoms with van der Waals surface area (Å²) >= 11 is 5.86. The standard InChI is InChI=1S/C21H23ClN2O4/c1-14(12-19(25)28-2)23-21(27)18(13-15-6-4-3-5-7-15)24-20(26)16-8-10-17(22)11-9-16/h3-11,14,18H,12-13H2,1-2H3,(H,23,27)(H,24,26). The van der Waals surface area contributed by atoms with E-state index in [9.17, 15) is 14.4 Å². The van der Waals surface area contributed by atoms with Crippen LogP contribution in [0.4, 0.5) is 0 Å². The van der Waals surface area contributed by atoms with Gasteiger partial charge in [-0.3, -0.25) is 14.4 Å². The van der Waals surface area contributed by atoms with Crippen molar-refractivity contribution in [3.05, 3.63) is 70.7 Å². The van der Waals surface area contributed by atoms with Gasteiger partial charge in [0.05, 0.1) is 13.5 Å². The molecular weight excluding hydrogens is 380 g/mol. The number of benzene rings is 2. The Kier molecular flexibility index (Phi) is 8.02. The molecule has 0 fully saturated rings. The first-order valence-corrected chi connectivity index (χ1v) is 9.24. The fraction of sp³-hybridized carbons (Fsp3) is 0.286. The molecule has 7 heteroatoms. The lowest BCUT2D eigenvalue weighted by Gasteiger charge is -2.21. The number of methoxy groups -OCH3 is 1. The summed E-state index contributed by atoms with van der Waals surface area (Å²) in [5, 5.41) is 6.04. The molecule has 0 aliphatic heterocycles. The van der Waals surface area contributed by atoms with Gasteiger partial charge in [-0.05, 0) is 36.8 Å². The van der Waals surface area contributed by atoms with E-state index in [1.54, 1.807) is 31.2 Å². The van der Waals surface area contributed by atoms with E-state index in [1.165, 1.54) is 7.11 Å². The zero-order valence-electron chi connectivity index (χ0n) is 15.8. The van der Waals surface area contributed by atoms with Crippen LogP contribution in [0.5, 0.6) is 0 Å². The van der Waals surface area contributed by atoms with E-state index < -0.39 is 18.1 Å². The Bertz CT molecular complexity index is 809. The quantitative estimate of drug-likeness (QED) is 0.665. The Morgan fingerprint density at radius 1 is 1.00 bits per heavy atom. The van der Waals surface area contributed by atoms with Gasteiger partial charge < -0.3 is 15.4 Å². The van der Waals surface area contributed by atoms with Gasteiger partial charge in [-0.15, -0.1) is 0 Å². The number of hydrogen-bond donors (Lipinski definition) is 2. The van der Waals surface area contributed by atoms with Crippen molar-refractivity contribution in [2.45, 2.75) is 31.8 Å². The lowest BCUT2D eigenvalue weighted by Crippen LogP contribution is -2.50. The second-order valence-electron chi connectivity index (χ2n) is 6.41. The normalized spacial score (nSPS) is 12.5. The first kappa shape index (κ1) is 21.4. The predicted molar refractivity (Wildman–Crippen MR) is 107 cm³/mol. The average Bonchev–Trinajstić information content (AvgIpc) is 2.68. The van der Waals surface area contributed by atoms with E-state index in [1.807, 2.05) is 30.3 Å². The molecule has 2 aromatic carbocycles. The van der Waals surface area contributed by atoms with Crippen molar-refractivity contribution in [1.29, 1.82) is 0 Å². The molecule has 2 rings (SSSR count). The molecule has 28 heavy (non-hydrogen) atoms. The molecule has 0 radical (unpaired) electrons. The van der Waals surface area contributed by atoms with E-state index in [2.05, 4.69) is 15.4 Å². The fourth-order valence-corrected chi connectivity index (χ4v) is 2.76. The van der Waals surface area contributed by atoms with Crippen molar-refractivity contribution >= 4 is 29.4 Å². The Morgan fingerprint density at radius 3 is 2.25 bits per heavy atom. The van der Waals surface area contributed by atoms with Gasteiger partial charge in [0.15, 0.2) is 0 Å². The molecule has 0 aromatic heterocycles. The topological polar surface area (TPSA) is 84.5 Å². The lowest BCUT2D eigenvalue weighted by atomic mass is 10.0. The maximum absolute atomic E-state index is 12.7. The van der Waals surface area contributed by atoms with Gasteiger partial charge in [-0.25, -0.2) is 0 Å². The van der Waals surface area contributed by atoms with Crippen LogP contribution in [-0.4, -0.2) is 37.0 Å². The smallest absolute Gasteiger partial charge is 0.307 e. The van der Waals surface area contributed by atoms with E-state index in [0.717, 1.165) is 5.56 Å². The highest BCUT2D eigenvalue weighted by molar-refractivity contribution is 6.30. The highest BCUT2D eigenvalue weighted by Crippen LogP contribution is 2.11. The molecule has 0 bridgehead atoms. The van der Waals surface area contributed by atoms with E-state index >= 15 is 0 Å². The number of esters is 1. The summed E-state index contributed by atoms with van der Waals surface area (Å²) in [4.78, 5) is 36.7. The van der Waals surface area contributed by atoms with Crippen LogP contribution in [0.2, 0.25) is 5.02 Å². The molecule has 0 spiro atoms. The third-order valence-corrected chi connectivity index (χ3v) is 4.35. The molecule has 2 atom stereocenters. The van der Waals surface area contributed by atoms with Crippen molar-refractivity contribution in [1.82, 2.24) is 10.6 Å². The first-order chi connectivity index (χ1) is 13.4. The zero-order valence-corrected chi connectivity index (χ0v) is 16.5. The Balaban J connectivity index is 2.11. The SMILES string of the molecule is COC(=O)CC(C)NC(=O)C(Cc1ccccc1)NC(=O)c1ccc(Cl)cc1. The zero-order chi connectivity index (χ0) is 20.5. The summed E-state index contributed by atoms with van der Waals surface area (Å²) in [5.41, 5.74) is 1.30. The van der Waals surface area contributed by atoms with Gasteiger partial charge in [0.1, 0.15) is 6.04 Å². The van der Waals surface area contributed by atoms with Gasteiger partial charge in [-0.1, -0.05) is 41.9 Å². The van der Waals surface area contributed by atoms with Crippen LogP contribution in [0.15, 0.2) is 54.6 Å². The third-order valence-electron chi connectivity index (χ3n) is 4.10. The van der Waals surface area contributed by atoms with E-state index in [0.29, 0.717) is 17.0 Å². The molecule has 2 unspecified atom stereocenters. The molecule has 0 saturated carbocycles. The van der Waals surface area contributed by atoms with Crippen LogP contribution in [0, 0.1) is 0 Å². The minimum absolute atomic E-state index is 0.0471. The van der Waals surface area contributed by atoms with Crippen molar-refractivity contribution in [2.75, 3.05) is 7.11 Å². The molecule has 0 aliphatic rings. The van der Waals surface area contributed by atoms with Crippen LogP contribution in [-0.2, 0) is 20.7 Å². The predicted octanol–water partition coefficient (Wildman–Crippen LogP) is 2.75. The second-order valence-corrected chi connectivity index (χ2v) is 6.85. The van der Waals surface area contributed by atoms with Crippen LogP contribution >= 0.6 is 11.6 Å². The van der Waals surface area contributed by atoms with E-state index in [4.69, 9.17) is 11.6 Å². The number of rotatable bonds is 8. The molecule has 6 nitrogen and oxygen atoms in total. The van der Waals surface area contributed by atoms with Gasteiger partial charge in [0.2, 0.25) is 5.91 Å². The van der Waals surface area contributed by atoms with Crippen LogP contribution in [0.1, 0.15) is 29.3 Å². The summed E-state index contributed by atoms with van der Waals surface area (Å²) in [6, 6.07) is 14.6. The summed E-state index contributed by atoms with van der Waals surface area (Å²) in [5.74, 6) is -1.17. The molecular formula is C21H23ClN2O4. The highest BCUT2D eigenvalue weighted by atomic mass is 35.5. The summed E-state index contributed by atoms with van der Waals surface area (Å²) in [6.07, 6.45) is 0.363. The lowest BCUT2D eigenvalue weighted by molar-refractivity contribution is -0.141. The minimum Gasteiger partial charge on any atom is -0.469 e. The maximum Gasteiger partial charge on any atom is 0.307 e. The highest BCUT2D eigenvalue weighted by Gasteiger charge is 2.24. The van der Waals surface area contributed by atoms with Gasteiger partial charge >= 0.3 is 5.97 Å². The summed E-state index contributed by atoms with van der Waals surface area (Å²) in [6.45, 7) is 1.70. The largest absolute Gasteiger partial charge is 0.469 e. The number of hydrogen-bond acceptors (Lipinski definition) is 4. The number of ether oxygens (including phenoxy) is 1. The molecule has 2 aromatic rings. The van der Waals surface area contributed by atoms with Gasteiger partial charge in [0, 0.05) is 23.0 Å². The number of halogens is 1. The molecule has 0 heterocycles. The van der Waals surface area contributed by atoms with Crippen molar-refractivity contribution in [3.8, 4) is 0 Å². The average molecular weight is 403 g/mol. The summed E-state index contributed by atoms with van der Waals surface area (Å²) in [7, 11) is 1.29. The van der Waals surface area contributed by atoms with Crippen molar-refractivity contribution in [3.63, 3.8) is 0 Å². The van der Waals surface area contributed by atoms with Crippen LogP contribution in [0.25, 0.3) is 0 Å². The number of carbonyl (C=O) groups excluding carboxylic acids is 3. The second kappa shape index (κ2) is 10.5. The first-order valence-electron chi connectivity index (χ1n) is 8.86. The molecule has 2 N–H and O–H groups in total. The van der Waals surface area contributed by atoms with Gasteiger partial charge in [-0.2, -0.15) is 0 Å². The summed E-state index contributed by atoms with van der Waals surface area (Å²) < 4.78 is 4.62. The Morgan fingerprint density at radius 2 is 1.64 bits per heavy atom. The van der Waals surface area contributed by atoms with E-state index in [-0.39, 0.29) is 18.2 Å². The fourth-order valence-electron chi connectivity index (χ4n) is 2.63. The van der Waals surface area contributed by atoms with Crippen molar-refractivity contribution < 1.29 is 19.1 Å². The number of nitrogens with one attached hydrogen (secondary N) is 2. The maximum atomic E-state index is 12.7. The third kappa shape index (κ3) is 6.70. The monoisotopic (exact) mass is 402 g/mol. The Hall–Kier alpha value is -2.86. The number of carbonyl (C=O) groups is 3. The molecule has 0 aliphatic carbocycles. The van der Waals surface area contributed by atoms with Gasteiger partial charge in [0.25, 0.3) is 5.91 Å².